The van der Waals surface area contributed by atoms with E-state index in [1.807, 2.05) is 0 Å². The molecule has 6 heteroatoms. The maximum Gasteiger partial charge on any atom is 0.335 e. The predicted octanol–water partition coefficient (Wildman–Crippen LogP) is 2.67. The van der Waals surface area contributed by atoms with E-state index in [1.54, 1.807) is 0 Å². The molecule has 0 aliphatic heterocycles. The number of alkyl halides is 1. The van der Waals surface area contributed by atoms with Gasteiger partial charge in [-0.2, -0.15) is 0 Å². The average molecular weight is 251 g/mol. The van der Waals surface area contributed by atoms with Crippen molar-refractivity contribution in [1.82, 2.24) is 0 Å². The van der Waals surface area contributed by atoms with Crippen molar-refractivity contribution in [2.45, 2.75) is 6.42 Å². The fraction of sp³-hybridized carbons (Fsp3) is 0.300. The van der Waals surface area contributed by atoms with Gasteiger partial charge in [0.25, 0.3) is 0 Å². The van der Waals surface area contributed by atoms with Crippen LogP contribution in [-0.4, -0.2) is 23.6 Å². The van der Waals surface area contributed by atoms with Crippen molar-refractivity contribution in [3.8, 4) is 5.75 Å². The van der Waals surface area contributed by atoms with Crippen molar-refractivity contribution in [2.24, 2.45) is 0 Å². The second kappa shape index (κ2) is 5.65. The Labute approximate surface area is 95.6 Å². The molecule has 0 amide bonds. The lowest BCUT2D eigenvalue weighted by molar-refractivity contribution is 0.0695. The van der Waals surface area contributed by atoms with Gasteiger partial charge >= 0.3 is 5.97 Å². The van der Waals surface area contributed by atoms with Crippen LogP contribution in [0.2, 0.25) is 0 Å². The number of carbonyl (C=O) groups is 1. The zero-order valence-electron chi connectivity index (χ0n) is 8.17. The van der Waals surface area contributed by atoms with E-state index in [9.17, 15) is 13.6 Å². The number of carboxylic acid groups (broad SMARTS) is 1. The second-order valence-corrected chi connectivity index (χ2v) is 3.34. The van der Waals surface area contributed by atoms with Crippen molar-refractivity contribution in [3.63, 3.8) is 0 Å². The molecule has 16 heavy (non-hydrogen) atoms. The molecule has 0 atom stereocenters. The Morgan fingerprint density at radius 3 is 2.38 bits per heavy atom. The van der Waals surface area contributed by atoms with Gasteiger partial charge in [0.2, 0.25) is 0 Å². The summed E-state index contributed by atoms with van der Waals surface area (Å²) < 4.78 is 31.3. The minimum absolute atomic E-state index is 0.0732. The van der Waals surface area contributed by atoms with Gasteiger partial charge in [-0.25, -0.2) is 13.6 Å². The van der Waals surface area contributed by atoms with Crippen LogP contribution in [0.4, 0.5) is 8.78 Å². The van der Waals surface area contributed by atoms with Crippen LogP contribution in [0.15, 0.2) is 12.1 Å². The van der Waals surface area contributed by atoms with E-state index >= 15 is 0 Å². The number of halogens is 3. The van der Waals surface area contributed by atoms with Crippen LogP contribution in [0.5, 0.6) is 5.75 Å². The lowest BCUT2D eigenvalue weighted by Gasteiger charge is -2.08. The molecule has 3 nitrogen and oxygen atoms in total. The smallest absolute Gasteiger partial charge is 0.335 e. The Kier molecular flexibility index (Phi) is 4.49. The SMILES string of the molecule is O=C(O)c1cc(F)c(OCCCCl)c(F)c1. The molecule has 0 spiro atoms. The van der Waals surface area contributed by atoms with Crippen LogP contribution in [0, 0.1) is 11.6 Å². The van der Waals surface area contributed by atoms with Crippen molar-refractivity contribution >= 4 is 17.6 Å². The third kappa shape index (κ3) is 3.06. The molecule has 0 aliphatic rings. The van der Waals surface area contributed by atoms with E-state index < -0.39 is 28.9 Å². The molecule has 88 valence electrons. The van der Waals surface area contributed by atoms with Crippen molar-refractivity contribution in [2.75, 3.05) is 12.5 Å². The Morgan fingerprint density at radius 1 is 1.38 bits per heavy atom. The molecule has 0 fully saturated rings. The highest BCUT2D eigenvalue weighted by Crippen LogP contribution is 2.23. The maximum atomic E-state index is 13.2. The first-order valence-corrected chi connectivity index (χ1v) is 5.00. The molecule has 0 radical (unpaired) electrons. The Hall–Kier alpha value is -1.36. The van der Waals surface area contributed by atoms with Gasteiger partial charge in [-0.15, -0.1) is 11.6 Å². The van der Waals surface area contributed by atoms with Gasteiger partial charge in [0.05, 0.1) is 12.2 Å². The first-order chi connectivity index (χ1) is 7.56. The summed E-state index contributed by atoms with van der Waals surface area (Å²) in [7, 11) is 0. The van der Waals surface area contributed by atoms with E-state index in [0.717, 1.165) is 0 Å². The number of benzene rings is 1. The zero-order chi connectivity index (χ0) is 12.1. The highest BCUT2D eigenvalue weighted by atomic mass is 35.5. The van der Waals surface area contributed by atoms with E-state index in [-0.39, 0.29) is 6.61 Å². The lowest BCUT2D eigenvalue weighted by Crippen LogP contribution is -2.05. The number of carboxylic acids is 1. The Morgan fingerprint density at radius 2 is 1.94 bits per heavy atom. The summed E-state index contributed by atoms with van der Waals surface area (Å²) in [6.07, 6.45) is 0.446. The summed E-state index contributed by atoms with van der Waals surface area (Å²) in [6.45, 7) is 0.0732. The molecule has 0 aromatic heterocycles. The maximum absolute atomic E-state index is 13.2. The van der Waals surface area contributed by atoms with Crippen LogP contribution in [0.3, 0.4) is 0 Å². The third-order valence-corrected chi connectivity index (χ3v) is 2.04. The topological polar surface area (TPSA) is 46.5 Å². The molecular weight excluding hydrogens is 242 g/mol. The molecule has 0 aliphatic carbocycles. The van der Waals surface area contributed by atoms with E-state index in [1.165, 1.54) is 0 Å². The van der Waals surface area contributed by atoms with Gasteiger partial charge in [-0.1, -0.05) is 0 Å². The van der Waals surface area contributed by atoms with Gasteiger partial charge in [-0.05, 0) is 18.6 Å². The van der Waals surface area contributed by atoms with E-state index in [4.69, 9.17) is 21.4 Å². The first-order valence-electron chi connectivity index (χ1n) is 4.47. The predicted molar refractivity (Wildman–Crippen MR) is 54.1 cm³/mol. The van der Waals surface area contributed by atoms with Crippen LogP contribution in [-0.2, 0) is 0 Å². The molecular formula is C10H9ClF2O3. The molecule has 0 saturated carbocycles. The molecule has 0 bridgehead atoms. The molecule has 0 unspecified atom stereocenters. The van der Waals surface area contributed by atoms with Gasteiger partial charge in [0.15, 0.2) is 17.4 Å². The third-order valence-electron chi connectivity index (χ3n) is 1.77. The largest absolute Gasteiger partial charge is 0.488 e. The minimum atomic E-state index is -1.40. The number of aromatic carboxylic acids is 1. The highest BCUT2D eigenvalue weighted by Gasteiger charge is 2.15. The number of ether oxygens (including phenoxy) is 1. The fourth-order valence-electron chi connectivity index (χ4n) is 1.05. The van der Waals surface area contributed by atoms with Gasteiger partial charge < -0.3 is 9.84 Å². The minimum Gasteiger partial charge on any atom is -0.488 e. The summed E-state index contributed by atoms with van der Waals surface area (Å²) >= 11 is 5.37. The standard InChI is InChI=1S/C10H9ClF2O3/c11-2-1-3-16-9-7(12)4-6(10(14)15)5-8(9)13/h4-5H,1-3H2,(H,14,15). The number of hydrogen-bond donors (Lipinski definition) is 1. The first kappa shape index (κ1) is 12.7. The molecule has 1 rings (SSSR count). The summed E-state index contributed by atoms with van der Waals surface area (Å²) in [5.41, 5.74) is -0.459. The van der Waals surface area contributed by atoms with Gasteiger partial charge in [0, 0.05) is 5.88 Å². The van der Waals surface area contributed by atoms with Crippen LogP contribution in [0.25, 0.3) is 0 Å². The summed E-state index contributed by atoms with van der Waals surface area (Å²) in [6, 6.07) is 1.42. The Balaban J connectivity index is 2.89. The summed E-state index contributed by atoms with van der Waals surface area (Å²) in [5.74, 6) is -3.73. The number of rotatable bonds is 5. The normalized spacial score (nSPS) is 10.2. The van der Waals surface area contributed by atoms with Gasteiger partial charge in [-0.3, -0.25) is 0 Å². The van der Waals surface area contributed by atoms with Crippen LogP contribution in [0.1, 0.15) is 16.8 Å². The molecule has 0 saturated heterocycles. The quantitative estimate of drug-likeness (QED) is 0.646. The number of hydrogen-bond acceptors (Lipinski definition) is 2. The average Bonchev–Trinajstić information content (AvgIpc) is 2.21. The fourth-order valence-corrected chi connectivity index (χ4v) is 1.16. The molecule has 0 heterocycles. The van der Waals surface area contributed by atoms with Crippen molar-refractivity contribution < 1.29 is 23.4 Å². The zero-order valence-corrected chi connectivity index (χ0v) is 8.93. The Bertz CT molecular complexity index is 373. The van der Waals surface area contributed by atoms with Crippen molar-refractivity contribution in [3.05, 3.63) is 29.3 Å². The second-order valence-electron chi connectivity index (χ2n) is 2.97. The van der Waals surface area contributed by atoms with E-state index in [2.05, 4.69) is 0 Å². The monoisotopic (exact) mass is 250 g/mol. The molecule has 1 N–H and O–H groups in total. The summed E-state index contributed by atoms with van der Waals surface area (Å²) in [5, 5.41) is 8.55. The van der Waals surface area contributed by atoms with Gasteiger partial charge in [0.1, 0.15) is 0 Å². The highest BCUT2D eigenvalue weighted by molar-refractivity contribution is 6.17. The van der Waals surface area contributed by atoms with Crippen LogP contribution < -0.4 is 4.74 Å². The van der Waals surface area contributed by atoms with Crippen LogP contribution >= 0.6 is 11.6 Å². The summed E-state index contributed by atoms with van der Waals surface area (Å²) in [4.78, 5) is 10.5. The van der Waals surface area contributed by atoms with Crippen molar-refractivity contribution in [1.29, 1.82) is 0 Å². The lowest BCUT2D eigenvalue weighted by atomic mass is 10.2. The van der Waals surface area contributed by atoms with E-state index in [0.29, 0.717) is 24.4 Å². The molecule has 1 aromatic carbocycles. The molecule has 1 aromatic rings.